The molecule has 7 nitrogen and oxygen atoms in total. The number of rotatable bonds is 5. The Kier molecular flexibility index (Phi) is 4.78. The molecule has 0 radical (unpaired) electrons. The standard InChI is InChI=1S/C16H16N2O5S2/c1-10-2-7-16(24-10)25(21,22)18-15(20)9-23-12-4-5-13-11(8-12)3-6-14(19)17-13/h2,4-5,7-8H,3,6,9H2,1H3,(H,17,19)(H,18,20). The van der Waals surface area contributed by atoms with Crippen molar-refractivity contribution in [1.82, 2.24) is 4.72 Å². The third-order valence-corrected chi connectivity index (χ3v) is 6.44. The van der Waals surface area contributed by atoms with Crippen LogP contribution in [0.25, 0.3) is 0 Å². The Morgan fingerprint density at radius 3 is 2.80 bits per heavy atom. The molecule has 0 saturated carbocycles. The maximum atomic E-state index is 12.1. The van der Waals surface area contributed by atoms with Crippen molar-refractivity contribution in [2.75, 3.05) is 11.9 Å². The second-order valence-electron chi connectivity index (χ2n) is 5.55. The van der Waals surface area contributed by atoms with E-state index in [1.807, 2.05) is 4.72 Å². The van der Waals surface area contributed by atoms with Gasteiger partial charge >= 0.3 is 0 Å². The molecule has 2 heterocycles. The monoisotopic (exact) mass is 380 g/mol. The van der Waals surface area contributed by atoms with Crippen molar-refractivity contribution in [3.8, 4) is 5.75 Å². The lowest BCUT2D eigenvalue weighted by atomic mass is 10.0. The smallest absolute Gasteiger partial charge is 0.273 e. The van der Waals surface area contributed by atoms with Crippen molar-refractivity contribution >= 4 is 38.9 Å². The van der Waals surface area contributed by atoms with Gasteiger partial charge in [0.15, 0.2) is 6.61 Å². The number of nitrogens with one attached hydrogen (secondary N) is 2. The molecule has 0 unspecified atom stereocenters. The molecule has 0 spiro atoms. The molecule has 132 valence electrons. The Labute approximate surface area is 149 Å². The van der Waals surface area contributed by atoms with E-state index >= 15 is 0 Å². The number of carbonyl (C=O) groups excluding carboxylic acids is 2. The van der Waals surface area contributed by atoms with Crippen molar-refractivity contribution in [1.29, 1.82) is 0 Å². The highest BCUT2D eigenvalue weighted by atomic mass is 32.2. The molecule has 0 fully saturated rings. The van der Waals surface area contributed by atoms with E-state index in [4.69, 9.17) is 4.74 Å². The van der Waals surface area contributed by atoms with Crippen LogP contribution in [0.1, 0.15) is 16.9 Å². The average molecular weight is 380 g/mol. The zero-order chi connectivity index (χ0) is 18.0. The number of amides is 2. The van der Waals surface area contributed by atoms with Gasteiger partial charge in [-0.05, 0) is 49.2 Å². The Morgan fingerprint density at radius 2 is 2.08 bits per heavy atom. The highest BCUT2D eigenvalue weighted by Gasteiger charge is 2.20. The topological polar surface area (TPSA) is 102 Å². The maximum Gasteiger partial charge on any atom is 0.273 e. The van der Waals surface area contributed by atoms with Crippen LogP contribution in [0.15, 0.2) is 34.5 Å². The van der Waals surface area contributed by atoms with E-state index in [0.29, 0.717) is 18.6 Å². The van der Waals surface area contributed by atoms with E-state index in [1.165, 1.54) is 6.07 Å². The third kappa shape index (κ3) is 4.18. The van der Waals surface area contributed by atoms with Crippen LogP contribution in [0.4, 0.5) is 5.69 Å². The van der Waals surface area contributed by atoms with E-state index in [9.17, 15) is 18.0 Å². The molecule has 1 aromatic carbocycles. The lowest BCUT2D eigenvalue weighted by Gasteiger charge is -2.17. The minimum Gasteiger partial charge on any atom is -0.484 e. The molecule has 9 heteroatoms. The van der Waals surface area contributed by atoms with Crippen LogP contribution >= 0.6 is 11.3 Å². The zero-order valence-corrected chi connectivity index (χ0v) is 15.0. The second kappa shape index (κ2) is 6.85. The van der Waals surface area contributed by atoms with Crippen LogP contribution in [0.2, 0.25) is 0 Å². The van der Waals surface area contributed by atoms with Gasteiger partial charge in [-0.1, -0.05) is 0 Å². The Hall–Kier alpha value is -2.39. The fraction of sp³-hybridized carbons (Fsp3) is 0.250. The fourth-order valence-electron chi connectivity index (χ4n) is 2.38. The molecule has 2 aromatic rings. The van der Waals surface area contributed by atoms with E-state index in [-0.39, 0.29) is 10.1 Å². The second-order valence-corrected chi connectivity index (χ2v) is 8.75. The lowest BCUT2D eigenvalue weighted by molar-refractivity contribution is -0.121. The number of anilines is 1. The first kappa shape index (κ1) is 17.4. The molecular weight excluding hydrogens is 364 g/mol. The summed E-state index contributed by atoms with van der Waals surface area (Å²) < 4.78 is 31.6. The average Bonchev–Trinajstić information content (AvgIpc) is 3.00. The molecule has 2 amide bonds. The predicted molar refractivity (Wildman–Crippen MR) is 93.3 cm³/mol. The molecule has 1 aromatic heterocycles. The van der Waals surface area contributed by atoms with Gasteiger partial charge in [-0.25, -0.2) is 13.1 Å². The highest BCUT2D eigenvalue weighted by Crippen LogP contribution is 2.26. The number of fused-ring (bicyclic) bond motifs is 1. The van der Waals surface area contributed by atoms with Crippen molar-refractivity contribution in [3.05, 3.63) is 40.8 Å². The number of hydrogen-bond donors (Lipinski definition) is 2. The molecule has 2 N–H and O–H groups in total. The van der Waals surface area contributed by atoms with Gasteiger partial charge in [-0.3, -0.25) is 9.59 Å². The molecule has 3 rings (SSSR count). The largest absolute Gasteiger partial charge is 0.484 e. The minimum atomic E-state index is -3.87. The van der Waals surface area contributed by atoms with Gasteiger partial charge in [0.2, 0.25) is 5.91 Å². The predicted octanol–water partition coefficient (Wildman–Crippen LogP) is 1.83. The summed E-state index contributed by atoms with van der Waals surface area (Å²) in [7, 11) is -3.87. The van der Waals surface area contributed by atoms with Crippen LogP contribution in [0.3, 0.4) is 0 Å². The summed E-state index contributed by atoms with van der Waals surface area (Å²) in [6.07, 6.45) is 0.992. The first-order chi connectivity index (χ1) is 11.8. The molecule has 0 atom stereocenters. The van der Waals surface area contributed by atoms with E-state index in [0.717, 1.165) is 27.5 Å². The first-order valence-corrected chi connectivity index (χ1v) is 9.81. The van der Waals surface area contributed by atoms with Gasteiger partial charge < -0.3 is 10.1 Å². The number of hydrogen-bond acceptors (Lipinski definition) is 6. The van der Waals surface area contributed by atoms with Gasteiger partial charge in [0, 0.05) is 17.0 Å². The van der Waals surface area contributed by atoms with Crippen molar-refractivity contribution in [3.63, 3.8) is 0 Å². The molecule has 0 bridgehead atoms. The molecule has 1 aliphatic rings. The maximum absolute atomic E-state index is 12.1. The number of sulfonamides is 1. The van der Waals surface area contributed by atoms with Gasteiger partial charge in [0.1, 0.15) is 9.96 Å². The molecule has 0 saturated heterocycles. The van der Waals surface area contributed by atoms with Crippen molar-refractivity contribution in [2.45, 2.75) is 24.0 Å². The third-order valence-electron chi connectivity index (χ3n) is 3.57. The normalized spacial score (nSPS) is 13.7. The van der Waals surface area contributed by atoms with Crippen LogP contribution in [-0.2, 0) is 26.0 Å². The van der Waals surface area contributed by atoms with Gasteiger partial charge in [0.05, 0.1) is 0 Å². The number of carbonyl (C=O) groups is 2. The minimum absolute atomic E-state index is 0.0328. The summed E-state index contributed by atoms with van der Waals surface area (Å²) in [5.74, 6) is -0.346. The molecular formula is C16H16N2O5S2. The Bertz CT molecular complexity index is 934. The SMILES string of the molecule is Cc1ccc(S(=O)(=O)NC(=O)COc2ccc3c(c2)CCC(=O)N3)s1. The molecule has 1 aliphatic heterocycles. The number of ether oxygens (including phenoxy) is 1. The van der Waals surface area contributed by atoms with Crippen LogP contribution in [-0.4, -0.2) is 26.8 Å². The molecule has 0 aliphatic carbocycles. The fourth-order valence-corrected chi connectivity index (χ4v) is 4.64. The summed E-state index contributed by atoms with van der Waals surface area (Å²) in [5.41, 5.74) is 1.64. The van der Waals surface area contributed by atoms with Gasteiger partial charge in [0.25, 0.3) is 15.9 Å². The van der Waals surface area contributed by atoms with Crippen molar-refractivity contribution in [2.24, 2.45) is 0 Å². The Balaban J connectivity index is 1.60. The number of aryl methyl sites for hydroxylation is 2. The van der Waals surface area contributed by atoms with Gasteiger partial charge in [-0.2, -0.15) is 0 Å². The summed E-state index contributed by atoms with van der Waals surface area (Å²) in [6, 6.07) is 8.18. The highest BCUT2D eigenvalue weighted by molar-refractivity contribution is 7.92. The van der Waals surface area contributed by atoms with E-state index in [2.05, 4.69) is 5.32 Å². The number of thiophene rings is 1. The quantitative estimate of drug-likeness (QED) is 0.824. The van der Waals surface area contributed by atoms with Crippen LogP contribution in [0.5, 0.6) is 5.75 Å². The summed E-state index contributed by atoms with van der Waals surface area (Å²) in [6.45, 7) is 1.36. The number of benzene rings is 1. The van der Waals surface area contributed by atoms with Crippen LogP contribution in [0, 0.1) is 6.92 Å². The van der Waals surface area contributed by atoms with Crippen molar-refractivity contribution < 1.29 is 22.7 Å². The zero-order valence-electron chi connectivity index (χ0n) is 13.4. The lowest BCUT2D eigenvalue weighted by Crippen LogP contribution is -2.34. The van der Waals surface area contributed by atoms with E-state index < -0.39 is 22.5 Å². The van der Waals surface area contributed by atoms with E-state index in [1.54, 1.807) is 31.2 Å². The Morgan fingerprint density at radius 1 is 1.28 bits per heavy atom. The van der Waals surface area contributed by atoms with Crippen LogP contribution < -0.4 is 14.8 Å². The summed E-state index contributed by atoms with van der Waals surface area (Å²) in [5, 5.41) is 2.75. The molecule has 25 heavy (non-hydrogen) atoms. The first-order valence-electron chi connectivity index (χ1n) is 7.51. The summed E-state index contributed by atoms with van der Waals surface area (Å²) >= 11 is 1.09. The summed E-state index contributed by atoms with van der Waals surface area (Å²) in [4.78, 5) is 24.0. The van der Waals surface area contributed by atoms with Gasteiger partial charge in [-0.15, -0.1) is 11.3 Å².